The number of thiazole rings is 1. The van der Waals surface area contributed by atoms with E-state index in [1.165, 1.54) is 6.42 Å². The van der Waals surface area contributed by atoms with Crippen molar-refractivity contribution >= 4 is 22.2 Å². The molecule has 0 amide bonds. The molecule has 164 valence electrons. The lowest BCUT2D eigenvalue weighted by Gasteiger charge is -2.34. The summed E-state index contributed by atoms with van der Waals surface area (Å²) in [5, 5.41) is 17.1. The smallest absolute Gasteiger partial charge is 0.186 e. The van der Waals surface area contributed by atoms with Gasteiger partial charge in [0.05, 0.1) is 22.2 Å². The summed E-state index contributed by atoms with van der Waals surface area (Å²) in [6, 6.07) is 16.3. The molecule has 3 heterocycles. The Hall–Kier alpha value is -2.92. The maximum atomic E-state index is 9.19. The normalized spacial score (nSPS) is 20.1. The third kappa shape index (κ3) is 3.86. The van der Waals surface area contributed by atoms with Crippen LogP contribution in [0.15, 0.2) is 42.5 Å². The molecule has 0 spiro atoms. The maximum Gasteiger partial charge on any atom is 0.186 e. The molecular formula is C25H28N6S. The van der Waals surface area contributed by atoms with Crippen LogP contribution in [-0.2, 0) is 6.54 Å². The average molecular weight is 445 g/mol. The fourth-order valence-corrected chi connectivity index (χ4v) is 6.01. The number of nitrogens with zero attached hydrogens (tertiary/aromatic N) is 3. The van der Waals surface area contributed by atoms with E-state index < -0.39 is 0 Å². The van der Waals surface area contributed by atoms with Gasteiger partial charge < -0.3 is 21.3 Å². The van der Waals surface area contributed by atoms with Crippen LogP contribution < -0.4 is 21.3 Å². The van der Waals surface area contributed by atoms with Crippen LogP contribution >= 0.6 is 11.3 Å². The topological polar surface area (TPSA) is 90.0 Å². The van der Waals surface area contributed by atoms with Crippen LogP contribution in [0.5, 0.6) is 0 Å². The number of fused-ring (bicyclic) bond motifs is 1. The predicted octanol–water partition coefficient (Wildman–Crippen LogP) is 3.89. The minimum Gasteiger partial charge on any atom is -0.388 e. The Labute approximate surface area is 193 Å². The molecule has 2 saturated heterocycles. The fraction of sp³-hybridized carbons (Fsp3) is 0.360. The lowest BCUT2D eigenvalue weighted by atomic mass is 9.89. The number of aromatic nitrogens is 1. The summed E-state index contributed by atoms with van der Waals surface area (Å²) in [4.78, 5) is 8.75. The number of nitriles is 1. The number of rotatable bonds is 5. The summed E-state index contributed by atoms with van der Waals surface area (Å²) >= 11 is 1.76. The number of anilines is 2. The molecule has 7 heteroatoms. The van der Waals surface area contributed by atoms with Gasteiger partial charge >= 0.3 is 0 Å². The van der Waals surface area contributed by atoms with Gasteiger partial charge in [-0.2, -0.15) is 5.26 Å². The van der Waals surface area contributed by atoms with E-state index in [0.717, 1.165) is 70.2 Å². The zero-order valence-electron chi connectivity index (χ0n) is 18.3. The maximum absolute atomic E-state index is 9.19. The molecule has 0 radical (unpaired) electrons. The van der Waals surface area contributed by atoms with E-state index >= 15 is 0 Å². The van der Waals surface area contributed by atoms with Crippen molar-refractivity contribution in [2.45, 2.75) is 13.0 Å². The largest absolute Gasteiger partial charge is 0.388 e. The molecule has 2 atom stereocenters. The van der Waals surface area contributed by atoms with Crippen LogP contribution in [0.3, 0.4) is 0 Å². The Morgan fingerprint density at radius 2 is 1.97 bits per heavy atom. The van der Waals surface area contributed by atoms with Gasteiger partial charge in [-0.15, -0.1) is 0 Å². The van der Waals surface area contributed by atoms with E-state index in [-0.39, 0.29) is 0 Å². The van der Waals surface area contributed by atoms with E-state index in [9.17, 15) is 5.26 Å². The Bertz CT molecular complexity index is 1150. The number of nitrogens with one attached hydrogen (secondary N) is 2. The van der Waals surface area contributed by atoms with Crippen molar-refractivity contribution in [2.24, 2.45) is 17.6 Å². The van der Waals surface area contributed by atoms with Gasteiger partial charge in [-0.25, -0.2) is 4.98 Å². The molecular weight excluding hydrogens is 416 g/mol. The highest BCUT2D eigenvalue weighted by Crippen LogP contribution is 2.42. The van der Waals surface area contributed by atoms with Gasteiger partial charge in [-0.3, -0.25) is 0 Å². The van der Waals surface area contributed by atoms with Gasteiger partial charge in [0.15, 0.2) is 5.13 Å². The highest BCUT2D eigenvalue weighted by atomic mass is 32.1. The average Bonchev–Trinajstić information content (AvgIpc) is 3.50. The van der Waals surface area contributed by atoms with Crippen molar-refractivity contribution in [3.63, 3.8) is 0 Å². The van der Waals surface area contributed by atoms with Crippen LogP contribution in [0.1, 0.15) is 17.5 Å². The van der Waals surface area contributed by atoms with Crippen molar-refractivity contribution in [3.05, 3.63) is 53.6 Å². The van der Waals surface area contributed by atoms with Gasteiger partial charge in [0.1, 0.15) is 0 Å². The molecule has 2 aromatic carbocycles. The molecule has 3 aromatic rings. The SMILES string of the molecule is CNc1ccc(-c2sc(N3CCC4CNCC4C3)nc2-c2ccc(C#N)cc2)cc1CN. The summed E-state index contributed by atoms with van der Waals surface area (Å²) in [5.74, 6) is 1.50. The Balaban J connectivity index is 1.57. The molecule has 5 rings (SSSR count). The lowest BCUT2D eigenvalue weighted by Crippen LogP contribution is -2.39. The first-order chi connectivity index (χ1) is 15.7. The number of benzene rings is 2. The highest BCUT2D eigenvalue weighted by molar-refractivity contribution is 7.19. The summed E-state index contributed by atoms with van der Waals surface area (Å²) in [7, 11) is 1.92. The molecule has 0 saturated carbocycles. The first-order valence-electron chi connectivity index (χ1n) is 11.2. The van der Waals surface area contributed by atoms with Gasteiger partial charge in [0.2, 0.25) is 0 Å². The molecule has 32 heavy (non-hydrogen) atoms. The number of hydrogen-bond acceptors (Lipinski definition) is 7. The van der Waals surface area contributed by atoms with Crippen molar-refractivity contribution in [3.8, 4) is 27.8 Å². The molecule has 0 bridgehead atoms. The first-order valence-corrected chi connectivity index (χ1v) is 12.0. The van der Waals surface area contributed by atoms with Gasteiger partial charge in [0.25, 0.3) is 0 Å². The van der Waals surface area contributed by atoms with Crippen LogP contribution in [-0.4, -0.2) is 38.2 Å². The Morgan fingerprint density at radius 3 is 2.72 bits per heavy atom. The quantitative estimate of drug-likeness (QED) is 0.553. The fourth-order valence-electron chi connectivity index (χ4n) is 4.89. The zero-order chi connectivity index (χ0) is 22.1. The summed E-state index contributed by atoms with van der Waals surface area (Å²) in [6.45, 7) is 4.84. The van der Waals surface area contributed by atoms with Crippen molar-refractivity contribution in [1.29, 1.82) is 5.26 Å². The minimum atomic E-state index is 0.476. The minimum absolute atomic E-state index is 0.476. The van der Waals surface area contributed by atoms with E-state index in [2.05, 4.69) is 39.8 Å². The third-order valence-electron chi connectivity index (χ3n) is 6.73. The zero-order valence-corrected chi connectivity index (χ0v) is 19.1. The number of piperidine rings is 1. The standard InChI is InChI=1S/C25H28N6S/c1-28-22-7-6-18(10-20(22)12-27)24-23(17-4-2-16(11-26)3-5-17)30-25(32-24)31-9-8-19-13-29-14-21(19)15-31/h2-7,10,19,21,28-29H,8-9,12-15,27H2,1H3. The first kappa shape index (κ1) is 21.0. The summed E-state index contributed by atoms with van der Waals surface area (Å²) in [5.41, 5.74) is 12.0. The van der Waals surface area contributed by atoms with Crippen molar-refractivity contribution in [1.82, 2.24) is 10.3 Å². The third-order valence-corrected chi connectivity index (χ3v) is 7.90. The molecule has 2 aliphatic heterocycles. The second-order valence-electron chi connectivity index (χ2n) is 8.60. The van der Waals surface area contributed by atoms with Gasteiger partial charge in [0, 0.05) is 37.9 Å². The van der Waals surface area contributed by atoms with Gasteiger partial charge in [-0.05, 0) is 66.7 Å². The van der Waals surface area contributed by atoms with E-state index in [1.807, 2.05) is 31.3 Å². The predicted molar refractivity (Wildman–Crippen MR) is 132 cm³/mol. The molecule has 6 nitrogen and oxygen atoms in total. The van der Waals surface area contributed by atoms with Crippen LogP contribution in [0.2, 0.25) is 0 Å². The molecule has 2 unspecified atom stereocenters. The van der Waals surface area contributed by atoms with Gasteiger partial charge in [-0.1, -0.05) is 29.5 Å². The summed E-state index contributed by atoms with van der Waals surface area (Å²) in [6.07, 6.45) is 1.22. The lowest BCUT2D eigenvalue weighted by molar-refractivity contribution is 0.349. The van der Waals surface area contributed by atoms with Crippen molar-refractivity contribution in [2.75, 3.05) is 43.4 Å². The number of hydrogen-bond donors (Lipinski definition) is 3. The van der Waals surface area contributed by atoms with E-state index in [4.69, 9.17) is 10.7 Å². The highest BCUT2D eigenvalue weighted by Gasteiger charge is 2.34. The monoisotopic (exact) mass is 444 g/mol. The molecule has 0 aliphatic carbocycles. The second-order valence-corrected chi connectivity index (χ2v) is 9.58. The molecule has 4 N–H and O–H groups in total. The Morgan fingerprint density at radius 1 is 1.19 bits per heavy atom. The van der Waals surface area contributed by atoms with Crippen LogP contribution in [0, 0.1) is 23.2 Å². The van der Waals surface area contributed by atoms with Crippen molar-refractivity contribution < 1.29 is 0 Å². The molecule has 2 fully saturated rings. The Kier molecular flexibility index (Phi) is 5.83. The molecule has 1 aromatic heterocycles. The second kappa shape index (κ2) is 8.91. The van der Waals surface area contributed by atoms with Crippen LogP contribution in [0.4, 0.5) is 10.8 Å². The van der Waals surface area contributed by atoms with Crippen LogP contribution in [0.25, 0.3) is 21.7 Å². The van der Waals surface area contributed by atoms with E-state index in [0.29, 0.717) is 18.0 Å². The summed E-state index contributed by atoms with van der Waals surface area (Å²) < 4.78 is 0. The number of nitrogens with two attached hydrogens (primary N) is 1. The molecule has 2 aliphatic rings. The van der Waals surface area contributed by atoms with E-state index in [1.54, 1.807) is 11.3 Å².